The third-order valence-corrected chi connectivity index (χ3v) is 2.26. The second-order valence-corrected chi connectivity index (χ2v) is 3.37. The molecule has 0 spiro atoms. The predicted octanol–water partition coefficient (Wildman–Crippen LogP) is 1.60. The maximum absolute atomic E-state index is 5.83. The van der Waals surface area contributed by atoms with Crippen molar-refractivity contribution in [3.63, 3.8) is 0 Å². The van der Waals surface area contributed by atoms with E-state index in [1.54, 1.807) is 0 Å². The van der Waals surface area contributed by atoms with Crippen LogP contribution in [-0.4, -0.2) is 12.6 Å². The Labute approximate surface area is 76.3 Å². The Bertz CT molecular complexity index is 301. The molecule has 1 aliphatic rings. The van der Waals surface area contributed by atoms with Crippen LogP contribution in [0.1, 0.15) is 5.56 Å². The van der Waals surface area contributed by atoms with Crippen LogP contribution < -0.4 is 10.5 Å². The monoisotopic (exact) mass is 183 g/mol. The summed E-state index contributed by atoms with van der Waals surface area (Å²) in [5.41, 5.74) is 6.66. The summed E-state index contributed by atoms with van der Waals surface area (Å²) in [6, 6.07) is 5.67. The molecule has 2 rings (SSSR count). The number of ether oxygens (including phenoxy) is 1. The van der Waals surface area contributed by atoms with Crippen molar-refractivity contribution in [2.24, 2.45) is 5.73 Å². The van der Waals surface area contributed by atoms with Gasteiger partial charge in [0.15, 0.2) is 0 Å². The first kappa shape index (κ1) is 7.90. The van der Waals surface area contributed by atoms with E-state index in [1.165, 1.54) is 0 Å². The number of nitrogens with two attached hydrogens (primary N) is 1. The van der Waals surface area contributed by atoms with Gasteiger partial charge >= 0.3 is 0 Å². The molecule has 0 bridgehead atoms. The Morgan fingerprint density at radius 1 is 1.58 bits per heavy atom. The van der Waals surface area contributed by atoms with E-state index >= 15 is 0 Å². The number of hydrogen-bond donors (Lipinski definition) is 1. The van der Waals surface area contributed by atoms with Gasteiger partial charge in [-0.2, -0.15) is 0 Å². The molecule has 1 aliphatic heterocycles. The van der Waals surface area contributed by atoms with Crippen molar-refractivity contribution < 1.29 is 4.74 Å². The first-order chi connectivity index (χ1) is 5.79. The van der Waals surface area contributed by atoms with Gasteiger partial charge in [0, 0.05) is 18.0 Å². The van der Waals surface area contributed by atoms with Crippen molar-refractivity contribution in [2.45, 2.75) is 12.5 Å². The van der Waals surface area contributed by atoms with Crippen molar-refractivity contribution in [3.05, 3.63) is 28.8 Å². The fourth-order valence-corrected chi connectivity index (χ4v) is 1.62. The van der Waals surface area contributed by atoms with Crippen molar-refractivity contribution in [2.75, 3.05) is 6.54 Å². The van der Waals surface area contributed by atoms with Crippen LogP contribution in [0.3, 0.4) is 0 Å². The standard InChI is InChI=1S/C9H10ClNO/c10-7-1-2-9-6(3-7)4-8(5-11)12-9/h1-3,8H,4-5,11H2/t8-/m1/s1. The van der Waals surface area contributed by atoms with E-state index in [-0.39, 0.29) is 6.10 Å². The minimum absolute atomic E-state index is 0.137. The molecule has 1 aromatic carbocycles. The zero-order valence-electron chi connectivity index (χ0n) is 6.59. The summed E-state index contributed by atoms with van der Waals surface area (Å²) >= 11 is 5.83. The van der Waals surface area contributed by atoms with Crippen LogP contribution in [0.4, 0.5) is 0 Å². The highest BCUT2D eigenvalue weighted by atomic mass is 35.5. The second kappa shape index (κ2) is 2.96. The first-order valence-corrected chi connectivity index (χ1v) is 4.32. The van der Waals surface area contributed by atoms with Gasteiger partial charge in [-0.3, -0.25) is 0 Å². The number of fused-ring (bicyclic) bond motifs is 1. The molecule has 2 nitrogen and oxygen atoms in total. The summed E-state index contributed by atoms with van der Waals surface area (Å²) in [5, 5.41) is 0.759. The first-order valence-electron chi connectivity index (χ1n) is 3.95. The molecule has 0 radical (unpaired) electrons. The third kappa shape index (κ3) is 1.28. The summed E-state index contributed by atoms with van der Waals surface area (Å²) < 4.78 is 5.53. The molecule has 0 saturated carbocycles. The molecule has 1 aromatic rings. The minimum Gasteiger partial charge on any atom is -0.488 e. The highest BCUT2D eigenvalue weighted by Gasteiger charge is 2.21. The zero-order chi connectivity index (χ0) is 8.55. The molecule has 64 valence electrons. The normalized spacial score (nSPS) is 20.3. The lowest BCUT2D eigenvalue weighted by Crippen LogP contribution is -2.24. The van der Waals surface area contributed by atoms with Crippen molar-refractivity contribution in [3.8, 4) is 5.75 Å². The fraction of sp³-hybridized carbons (Fsp3) is 0.333. The van der Waals surface area contributed by atoms with Gasteiger partial charge in [0.1, 0.15) is 11.9 Å². The van der Waals surface area contributed by atoms with Crippen LogP contribution in [0, 0.1) is 0 Å². The van der Waals surface area contributed by atoms with Crippen LogP contribution in [0.25, 0.3) is 0 Å². The van der Waals surface area contributed by atoms with Gasteiger partial charge in [-0.15, -0.1) is 0 Å². The molecule has 0 saturated heterocycles. The molecule has 0 aliphatic carbocycles. The Morgan fingerprint density at radius 3 is 3.17 bits per heavy atom. The average molecular weight is 184 g/mol. The Balaban J connectivity index is 2.30. The van der Waals surface area contributed by atoms with Gasteiger partial charge in [-0.25, -0.2) is 0 Å². The minimum atomic E-state index is 0.137. The van der Waals surface area contributed by atoms with E-state index in [9.17, 15) is 0 Å². The molecule has 0 aromatic heterocycles. The highest BCUT2D eigenvalue weighted by Crippen LogP contribution is 2.30. The summed E-state index contributed by atoms with van der Waals surface area (Å²) in [5.74, 6) is 0.926. The van der Waals surface area contributed by atoms with Gasteiger partial charge in [0.05, 0.1) is 0 Å². The molecule has 0 fully saturated rings. The average Bonchev–Trinajstić information content (AvgIpc) is 2.46. The zero-order valence-corrected chi connectivity index (χ0v) is 7.34. The lowest BCUT2D eigenvalue weighted by Gasteiger charge is -2.05. The molecule has 1 heterocycles. The molecule has 2 N–H and O–H groups in total. The van der Waals surface area contributed by atoms with E-state index in [0.717, 1.165) is 22.8 Å². The van der Waals surface area contributed by atoms with Gasteiger partial charge in [-0.05, 0) is 23.8 Å². The van der Waals surface area contributed by atoms with E-state index < -0.39 is 0 Å². The van der Waals surface area contributed by atoms with Crippen LogP contribution in [-0.2, 0) is 6.42 Å². The fourth-order valence-electron chi connectivity index (χ4n) is 1.42. The van der Waals surface area contributed by atoms with Crippen molar-refractivity contribution >= 4 is 11.6 Å². The van der Waals surface area contributed by atoms with Crippen LogP contribution in [0.15, 0.2) is 18.2 Å². The summed E-state index contributed by atoms with van der Waals surface area (Å²) in [6.07, 6.45) is 1.02. The van der Waals surface area contributed by atoms with Gasteiger partial charge in [0.25, 0.3) is 0 Å². The van der Waals surface area contributed by atoms with E-state index in [4.69, 9.17) is 22.1 Å². The Morgan fingerprint density at radius 2 is 2.42 bits per heavy atom. The highest BCUT2D eigenvalue weighted by molar-refractivity contribution is 6.30. The number of rotatable bonds is 1. The lowest BCUT2D eigenvalue weighted by atomic mass is 10.1. The predicted molar refractivity (Wildman–Crippen MR) is 48.6 cm³/mol. The van der Waals surface area contributed by atoms with Crippen molar-refractivity contribution in [1.29, 1.82) is 0 Å². The third-order valence-electron chi connectivity index (χ3n) is 2.03. The summed E-state index contributed by atoms with van der Waals surface area (Å²) in [4.78, 5) is 0. The second-order valence-electron chi connectivity index (χ2n) is 2.93. The van der Waals surface area contributed by atoms with E-state index in [2.05, 4.69) is 0 Å². The molecule has 0 amide bonds. The van der Waals surface area contributed by atoms with Crippen LogP contribution in [0.2, 0.25) is 5.02 Å². The quantitative estimate of drug-likeness (QED) is 0.718. The van der Waals surface area contributed by atoms with Crippen LogP contribution >= 0.6 is 11.6 Å². The summed E-state index contributed by atoms with van der Waals surface area (Å²) in [6.45, 7) is 0.562. The molecular formula is C9H10ClNO. The Hall–Kier alpha value is -0.730. The van der Waals surface area contributed by atoms with Gasteiger partial charge in [0.2, 0.25) is 0 Å². The van der Waals surface area contributed by atoms with E-state index in [0.29, 0.717) is 6.54 Å². The van der Waals surface area contributed by atoms with E-state index in [1.807, 2.05) is 18.2 Å². The maximum atomic E-state index is 5.83. The van der Waals surface area contributed by atoms with Crippen molar-refractivity contribution in [1.82, 2.24) is 0 Å². The number of halogens is 1. The summed E-state index contributed by atoms with van der Waals surface area (Å²) in [7, 11) is 0. The number of hydrogen-bond acceptors (Lipinski definition) is 2. The largest absolute Gasteiger partial charge is 0.488 e. The van der Waals surface area contributed by atoms with Gasteiger partial charge in [-0.1, -0.05) is 11.6 Å². The van der Waals surface area contributed by atoms with Crippen LogP contribution in [0.5, 0.6) is 5.75 Å². The molecule has 0 unspecified atom stereocenters. The maximum Gasteiger partial charge on any atom is 0.123 e. The topological polar surface area (TPSA) is 35.2 Å². The Kier molecular flexibility index (Phi) is 1.95. The molecule has 3 heteroatoms. The smallest absolute Gasteiger partial charge is 0.123 e. The lowest BCUT2D eigenvalue weighted by molar-refractivity contribution is 0.241. The molecule has 12 heavy (non-hydrogen) atoms. The SMILES string of the molecule is NC[C@H]1Cc2cc(Cl)ccc2O1. The van der Waals surface area contributed by atoms with Gasteiger partial charge < -0.3 is 10.5 Å². The molecule has 1 atom stereocenters. The number of benzene rings is 1. The molecular weight excluding hydrogens is 174 g/mol.